The van der Waals surface area contributed by atoms with Crippen molar-refractivity contribution in [2.24, 2.45) is 0 Å². The van der Waals surface area contributed by atoms with Crippen molar-refractivity contribution in [3.63, 3.8) is 0 Å². The predicted molar refractivity (Wildman–Crippen MR) is 159 cm³/mol. The summed E-state index contributed by atoms with van der Waals surface area (Å²) in [7, 11) is -3.94. The zero-order valence-electron chi connectivity index (χ0n) is 23.9. The summed E-state index contributed by atoms with van der Waals surface area (Å²) >= 11 is 0. The number of nitrogens with one attached hydrogen (secondary N) is 1. The molecule has 0 radical (unpaired) electrons. The molecule has 2 unspecified atom stereocenters. The minimum Gasteiger partial charge on any atom is -0.492 e. The number of halogens is 1. The summed E-state index contributed by atoms with van der Waals surface area (Å²) < 4.78 is 46.3. The van der Waals surface area contributed by atoms with E-state index in [1.165, 1.54) is 17.0 Å². The zero-order valence-corrected chi connectivity index (χ0v) is 24.7. The van der Waals surface area contributed by atoms with Crippen LogP contribution in [0.2, 0.25) is 0 Å². The lowest BCUT2D eigenvalue weighted by Gasteiger charge is -2.34. The van der Waals surface area contributed by atoms with Crippen LogP contribution in [0, 0.1) is 5.82 Å². The summed E-state index contributed by atoms with van der Waals surface area (Å²) in [6.45, 7) is 5.30. The van der Waals surface area contributed by atoms with E-state index in [0.29, 0.717) is 24.3 Å². The van der Waals surface area contributed by atoms with Crippen molar-refractivity contribution in [1.29, 1.82) is 0 Å². The molecule has 0 saturated heterocycles. The molecule has 1 N–H and O–H groups in total. The Kier molecular flexibility index (Phi) is 11.3. The average Bonchev–Trinajstić information content (AvgIpc) is 2.95. The molecular weight excluding hydrogens is 545 g/mol. The number of ether oxygens (including phenoxy) is 1. The van der Waals surface area contributed by atoms with E-state index in [-0.39, 0.29) is 30.6 Å². The third-order valence-electron chi connectivity index (χ3n) is 6.65. The van der Waals surface area contributed by atoms with Crippen LogP contribution in [0.15, 0.2) is 78.9 Å². The lowest BCUT2D eigenvalue weighted by Crippen LogP contribution is -2.54. The molecule has 0 aliphatic carbocycles. The van der Waals surface area contributed by atoms with E-state index in [2.05, 4.69) is 5.32 Å². The second-order valence-electron chi connectivity index (χ2n) is 9.84. The number of amides is 2. The van der Waals surface area contributed by atoms with Crippen LogP contribution in [0.4, 0.5) is 10.1 Å². The van der Waals surface area contributed by atoms with E-state index in [1.807, 2.05) is 44.2 Å². The number of carbonyl (C=O) groups excluding carboxylic acids is 2. The molecular formula is C31H38FN3O5S. The first kappa shape index (κ1) is 31.6. The van der Waals surface area contributed by atoms with Gasteiger partial charge in [0.05, 0.1) is 18.6 Å². The lowest BCUT2D eigenvalue weighted by molar-refractivity contribution is -0.140. The van der Waals surface area contributed by atoms with E-state index in [4.69, 9.17) is 4.74 Å². The molecule has 3 rings (SSSR count). The van der Waals surface area contributed by atoms with Crippen LogP contribution in [0.5, 0.6) is 5.75 Å². The Bertz CT molecular complexity index is 1400. The molecule has 0 spiro atoms. The fourth-order valence-electron chi connectivity index (χ4n) is 4.32. The van der Waals surface area contributed by atoms with Crippen LogP contribution in [0.1, 0.15) is 38.3 Å². The van der Waals surface area contributed by atoms with Crippen molar-refractivity contribution in [3.05, 3.63) is 95.8 Å². The highest BCUT2D eigenvalue weighted by Crippen LogP contribution is 2.30. The van der Waals surface area contributed by atoms with Gasteiger partial charge in [-0.25, -0.2) is 12.8 Å². The maximum absolute atomic E-state index is 14.1. The van der Waals surface area contributed by atoms with Crippen LogP contribution in [0.3, 0.4) is 0 Å². The fourth-order valence-corrected chi connectivity index (χ4v) is 5.17. The van der Waals surface area contributed by atoms with Gasteiger partial charge in [0.25, 0.3) is 0 Å². The Morgan fingerprint density at radius 1 is 0.927 bits per heavy atom. The van der Waals surface area contributed by atoms with Gasteiger partial charge in [-0.05, 0) is 55.7 Å². The molecule has 0 aromatic heterocycles. The predicted octanol–water partition coefficient (Wildman–Crippen LogP) is 4.55. The first-order valence-corrected chi connectivity index (χ1v) is 15.5. The van der Waals surface area contributed by atoms with Crippen LogP contribution in [-0.4, -0.2) is 56.6 Å². The normalized spacial score (nSPS) is 12.7. The van der Waals surface area contributed by atoms with Crippen molar-refractivity contribution < 1.29 is 27.1 Å². The van der Waals surface area contributed by atoms with Crippen LogP contribution < -0.4 is 14.4 Å². The summed E-state index contributed by atoms with van der Waals surface area (Å²) in [4.78, 5) is 29.2. The van der Waals surface area contributed by atoms with Crippen molar-refractivity contribution in [2.75, 3.05) is 23.7 Å². The number of carbonyl (C=O) groups is 2. The summed E-state index contributed by atoms with van der Waals surface area (Å²) in [6, 6.07) is 20.4. The molecule has 0 fully saturated rings. The molecule has 0 aliphatic rings. The smallest absolute Gasteiger partial charge is 0.244 e. The molecule has 220 valence electrons. The minimum atomic E-state index is -3.94. The van der Waals surface area contributed by atoms with Crippen LogP contribution in [-0.2, 0) is 32.6 Å². The highest BCUT2D eigenvalue weighted by molar-refractivity contribution is 7.92. The molecule has 3 aromatic carbocycles. The Balaban J connectivity index is 2.08. The molecule has 2 amide bonds. The largest absolute Gasteiger partial charge is 0.492 e. The van der Waals surface area contributed by atoms with E-state index in [9.17, 15) is 22.4 Å². The van der Waals surface area contributed by atoms with Gasteiger partial charge in [0.2, 0.25) is 21.8 Å². The molecule has 3 aromatic rings. The van der Waals surface area contributed by atoms with Gasteiger partial charge in [0.1, 0.15) is 24.2 Å². The second kappa shape index (κ2) is 14.6. The maximum atomic E-state index is 14.1. The van der Waals surface area contributed by atoms with Crippen molar-refractivity contribution in [1.82, 2.24) is 10.2 Å². The number of hydrogen-bond acceptors (Lipinski definition) is 5. The van der Waals surface area contributed by atoms with Crippen molar-refractivity contribution in [3.8, 4) is 5.75 Å². The van der Waals surface area contributed by atoms with E-state index in [1.54, 1.807) is 43.3 Å². The Labute approximate surface area is 242 Å². The molecule has 10 heteroatoms. The number of para-hydroxylation sites is 2. The standard InChI is InChI=1S/C31H38FN3O5S/c1-5-23(3)33-31(37)28(20-24-12-8-7-9-13-24)34(21-25-16-18-26(32)19-17-25)30(36)22-35(41(4,38)39)27-14-10-11-15-29(27)40-6-2/h7-19,23,28H,5-6,20-22H2,1-4H3,(H,33,37). The monoisotopic (exact) mass is 583 g/mol. The van der Waals surface area contributed by atoms with Gasteiger partial charge in [-0.1, -0.05) is 61.5 Å². The maximum Gasteiger partial charge on any atom is 0.244 e. The van der Waals surface area contributed by atoms with E-state index in [0.717, 1.165) is 16.1 Å². The molecule has 0 heterocycles. The number of nitrogens with zero attached hydrogens (tertiary/aromatic N) is 2. The van der Waals surface area contributed by atoms with Crippen LogP contribution in [0.25, 0.3) is 0 Å². The third-order valence-corrected chi connectivity index (χ3v) is 7.78. The van der Waals surface area contributed by atoms with Crippen molar-refractivity contribution >= 4 is 27.5 Å². The number of hydrogen-bond donors (Lipinski definition) is 1. The zero-order chi connectivity index (χ0) is 30.0. The highest BCUT2D eigenvalue weighted by Gasteiger charge is 2.34. The van der Waals surface area contributed by atoms with Gasteiger partial charge in [-0.3, -0.25) is 13.9 Å². The lowest BCUT2D eigenvalue weighted by atomic mass is 10.0. The number of sulfonamides is 1. The first-order valence-electron chi connectivity index (χ1n) is 13.6. The van der Waals surface area contributed by atoms with E-state index >= 15 is 0 Å². The number of anilines is 1. The molecule has 41 heavy (non-hydrogen) atoms. The third kappa shape index (κ3) is 9.04. The van der Waals surface area contributed by atoms with Gasteiger partial charge in [-0.15, -0.1) is 0 Å². The Morgan fingerprint density at radius 3 is 2.17 bits per heavy atom. The first-order chi connectivity index (χ1) is 19.5. The van der Waals surface area contributed by atoms with Gasteiger partial charge in [0.15, 0.2) is 0 Å². The summed E-state index contributed by atoms with van der Waals surface area (Å²) in [5, 5.41) is 2.98. The fraction of sp³-hybridized carbons (Fsp3) is 0.355. The molecule has 8 nitrogen and oxygen atoms in total. The molecule has 0 aliphatic heterocycles. The van der Waals surface area contributed by atoms with Gasteiger partial charge >= 0.3 is 0 Å². The summed E-state index contributed by atoms with van der Waals surface area (Å²) in [5.74, 6) is -1.07. The average molecular weight is 584 g/mol. The van der Waals surface area contributed by atoms with Gasteiger partial charge < -0.3 is 15.0 Å². The molecule has 0 bridgehead atoms. The van der Waals surface area contributed by atoms with Crippen LogP contribution >= 0.6 is 0 Å². The van der Waals surface area contributed by atoms with Gasteiger partial charge in [0, 0.05) is 19.0 Å². The molecule has 0 saturated carbocycles. The summed E-state index contributed by atoms with van der Waals surface area (Å²) in [5.41, 5.74) is 1.64. The number of rotatable bonds is 14. The number of benzene rings is 3. The minimum absolute atomic E-state index is 0.0325. The SMILES string of the molecule is CCOc1ccccc1N(CC(=O)N(Cc1ccc(F)cc1)C(Cc1ccccc1)C(=O)NC(C)CC)S(C)(=O)=O. The van der Waals surface area contributed by atoms with E-state index < -0.39 is 34.3 Å². The van der Waals surface area contributed by atoms with Gasteiger partial charge in [-0.2, -0.15) is 0 Å². The molecule has 2 atom stereocenters. The topological polar surface area (TPSA) is 96.0 Å². The Morgan fingerprint density at radius 2 is 1.56 bits per heavy atom. The Hall–Kier alpha value is -3.92. The van der Waals surface area contributed by atoms with Crippen molar-refractivity contribution in [2.45, 2.75) is 52.2 Å². The second-order valence-corrected chi connectivity index (χ2v) is 11.7. The quantitative estimate of drug-likeness (QED) is 0.301. The summed E-state index contributed by atoms with van der Waals surface area (Å²) in [6.07, 6.45) is 1.90. The highest BCUT2D eigenvalue weighted by atomic mass is 32.2.